The van der Waals surface area contributed by atoms with Gasteiger partial charge in [-0.2, -0.15) is 16.8 Å². The molecule has 28 heavy (non-hydrogen) atoms. The van der Waals surface area contributed by atoms with E-state index >= 15 is 0 Å². The molecule has 0 fully saturated rings. The van der Waals surface area contributed by atoms with Crippen molar-refractivity contribution < 1.29 is 110 Å². The fourth-order valence-corrected chi connectivity index (χ4v) is 3.25. The topological polar surface area (TPSA) is 235 Å². The molecule has 0 unspecified atom stereocenters. The van der Waals surface area contributed by atoms with Crippen LogP contribution in [0.25, 0.3) is 12.2 Å². The Morgan fingerprint density at radius 1 is 0.607 bits per heavy atom. The van der Waals surface area contributed by atoms with Crippen LogP contribution >= 0.6 is 0 Å². The summed E-state index contributed by atoms with van der Waals surface area (Å²) in [6, 6.07) is 11.4. The molecular formula is C14H22Na2O10S2. The van der Waals surface area contributed by atoms with Crippen LogP contribution in [0.2, 0.25) is 0 Å². The molecule has 0 bridgehead atoms. The van der Waals surface area contributed by atoms with Gasteiger partial charge in [-0.3, -0.25) is 9.11 Å². The summed E-state index contributed by atoms with van der Waals surface area (Å²) < 4.78 is 63.4. The van der Waals surface area contributed by atoms with E-state index in [0.29, 0.717) is 0 Å². The molecule has 2 aromatic rings. The summed E-state index contributed by atoms with van der Waals surface area (Å²) in [4.78, 5) is -0.592. The fourth-order valence-electron chi connectivity index (χ4n) is 1.89. The molecule has 0 atom stereocenters. The van der Waals surface area contributed by atoms with Crippen molar-refractivity contribution in [2.45, 2.75) is 9.79 Å². The van der Waals surface area contributed by atoms with E-state index in [0.717, 1.165) is 0 Å². The van der Waals surface area contributed by atoms with Crippen LogP contribution in [-0.2, 0) is 20.2 Å². The minimum atomic E-state index is -4.40. The van der Waals surface area contributed by atoms with E-state index in [9.17, 15) is 16.8 Å². The van der Waals surface area contributed by atoms with Crippen molar-refractivity contribution in [1.82, 2.24) is 0 Å². The number of hydrogen-bond acceptors (Lipinski definition) is 4. The van der Waals surface area contributed by atoms with E-state index < -0.39 is 20.2 Å². The van der Waals surface area contributed by atoms with Crippen molar-refractivity contribution in [3.8, 4) is 0 Å². The average Bonchev–Trinajstić information content (AvgIpc) is 2.44. The van der Waals surface area contributed by atoms with E-state index in [4.69, 9.17) is 9.11 Å². The second-order valence-electron chi connectivity index (χ2n) is 4.36. The Kier molecular flexibility index (Phi) is 21.5. The van der Waals surface area contributed by atoms with Crippen molar-refractivity contribution in [1.29, 1.82) is 0 Å². The predicted molar refractivity (Wildman–Crippen MR) is 98.1 cm³/mol. The van der Waals surface area contributed by atoms with Gasteiger partial charge >= 0.3 is 59.1 Å². The molecule has 2 rings (SSSR count). The van der Waals surface area contributed by atoms with Crippen molar-refractivity contribution >= 4 is 32.4 Å². The van der Waals surface area contributed by atoms with E-state index in [1.54, 1.807) is 12.1 Å². The van der Waals surface area contributed by atoms with Gasteiger partial charge in [0, 0.05) is 0 Å². The van der Waals surface area contributed by atoms with Gasteiger partial charge in [0.2, 0.25) is 0 Å². The second-order valence-corrected chi connectivity index (χ2v) is 7.14. The fraction of sp³-hybridized carbons (Fsp3) is 0. The summed E-state index contributed by atoms with van der Waals surface area (Å²) in [5.74, 6) is 0. The summed E-state index contributed by atoms with van der Waals surface area (Å²) >= 11 is 0. The maximum atomic E-state index is 11.3. The van der Waals surface area contributed by atoms with Gasteiger partial charge < -0.3 is 24.8 Å². The molecule has 2 aromatic carbocycles. The summed E-state index contributed by atoms with van der Waals surface area (Å²) in [7, 11) is -8.79. The van der Waals surface area contributed by atoms with E-state index in [1.165, 1.54) is 48.6 Å². The Bertz CT molecular complexity index is 877. The smallest absolute Gasteiger partial charge is 1.00 e. The van der Waals surface area contributed by atoms with Crippen LogP contribution in [0.4, 0.5) is 0 Å². The second kappa shape index (κ2) is 15.6. The standard InChI is InChI=1S/C14H12O6S2.2Na.4H2O.2H/c15-21(16,17)13-7-3-1-5-11(13)9-10-12-6-2-4-8-14(12)22(18,19)20;;;;;;;;/h1-10H,(H,15,16,17)(H,18,19,20);;;4*1H2;;/q;2*+1;;;;;2*-1. The van der Waals surface area contributed by atoms with Gasteiger partial charge in [0.1, 0.15) is 9.79 Å². The Labute approximate surface area is 210 Å². The van der Waals surface area contributed by atoms with Crippen LogP contribution in [0.1, 0.15) is 14.0 Å². The quantitative estimate of drug-likeness (QED) is 0.255. The van der Waals surface area contributed by atoms with Crippen molar-refractivity contribution in [2.75, 3.05) is 0 Å². The molecule has 0 aliphatic heterocycles. The van der Waals surface area contributed by atoms with Gasteiger partial charge in [-0.25, -0.2) is 0 Å². The number of benzene rings is 2. The zero-order valence-electron chi connectivity index (χ0n) is 17.1. The summed E-state index contributed by atoms with van der Waals surface area (Å²) in [5, 5.41) is 0. The molecule has 0 saturated heterocycles. The van der Waals surface area contributed by atoms with Crippen molar-refractivity contribution in [3.63, 3.8) is 0 Å². The first-order chi connectivity index (χ1) is 10.2. The SMILES string of the molecule is O.O.O.O.O=S(=O)(O)c1ccccc1C=Cc1ccccc1S(=O)(=O)O.[H-].[H-].[Na+].[Na+]. The van der Waals surface area contributed by atoms with Gasteiger partial charge in [-0.1, -0.05) is 48.6 Å². The van der Waals surface area contributed by atoms with E-state index in [2.05, 4.69) is 0 Å². The molecule has 0 saturated carbocycles. The van der Waals surface area contributed by atoms with Crippen LogP contribution in [0.5, 0.6) is 0 Å². The Balaban J connectivity index is -0.000000132. The van der Waals surface area contributed by atoms with Crippen LogP contribution in [0.3, 0.4) is 0 Å². The largest absolute Gasteiger partial charge is 1.00 e. The average molecular weight is 460 g/mol. The maximum Gasteiger partial charge on any atom is 1.00 e. The minimum absolute atomic E-state index is 0. The molecule has 152 valence electrons. The molecule has 0 spiro atoms. The summed E-state index contributed by atoms with van der Waals surface area (Å²) in [5.41, 5.74) is 0.380. The van der Waals surface area contributed by atoms with Gasteiger partial charge in [0.05, 0.1) is 0 Å². The van der Waals surface area contributed by atoms with Gasteiger partial charge in [-0.05, 0) is 23.3 Å². The number of hydrogen-bond donors (Lipinski definition) is 2. The van der Waals surface area contributed by atoms with Crippen LogP contribution < -0.4 is 59.1 Å². The molecule has 10 nitrogen and oxygen atoms in total. The van der Waals surface area contributed by atoms with Crippen LogP contribution in [-0.4, -0.2) is 47.8 Å². The normalized spacial score (nSPS) is 9.93. The zero-order chi connectivity index (χ0) is 16.4. The van der Waals surface area contributed by atoms with E-state index in [1.807, 2.05) is 0 Å². The molecule has 0 aromatic heterocycles. The first-order valence-electron chi connectivity index (χ1n) is 6.01. The zero-order valence-corrected chi connectivity index (χ0v) is 20.8. The van der Waals surface area contributed by atoms with Crippen molar-refractivity contribution in [3.05, 3.63) is 59.7 Å². The van der Waals surface area contributed by atoms with Gasteiger partial charge in [0.15, 0.2) is 0 Å². The van der Waals surface area contributed by atoms with Crippen LogP contribution in [0.15, 0.2) is 58.3 Å². The maximum absolute atomic E-state index is 11.3. The Morgan fingerprint density at radius 2 is 0.857 bits per heavy atom. The Morgan fingerprint density at radius 3 is 1.11 bits per heavy atom. The molecule has 0 heterocycles. The molecule has 14 heteroatoms. The van der Waals surface area contributed by atoms with Gasteiger partial charge in [-0.15, -0.1) is 0 Å². The molecule has 0 aliphatic carbocycles. The third kappa shape index (κ3) is 10.6. The molecule has 0 radical (unpaired) electrons. The Hall–Kier alpha value is -0.160. The van der Waals surface area contributed by atoms with Gasteiger partial charge in [0.25, 0.3) is 20.2 Å². The monoisotopic (exact) mass is 460 g/mol. The minimum Gasteiger partial charge on any atom is -1.00 e. The first kappa shape index (κ1) is 38.4. The molecular weight excluding hydrogens is 438 g/mol. The third-order valence-electron chi connectivity index (χ3n) is 2.84. The van der Waals surface area contributed by atoms with E-state index in [-0.39, 0.29) is 105 Å². The number of rotatable bonds is 4. The summed E-state index contributed by atoms with van der Waals surface area (Å²) in [6.07, 6.45) is 2.68. The molecule has 10 N–H and O–H groups in total. The van der Waals surface area contributed by atoms with Crippen LogP contribution in [0, 0.1) is 0 Å². The van der Waals surface area contributed by atoms with Crippen molar-refractivity contribution in [2.24, 2.45) is 0 Å². The molecule has 0 amide bonds. The molecule has 0 aliphatic rings. The summed E-state index contributed by atoms with van der Waals surface area (Å²) in [6.45, 7) is 0. The third-order valence-corrected chi connectivity index (χ3v) is 4.69. The predicted octanol–water partition coefficient (Wildman–Crippen LogP) is -6.72. The first-order valence-corrected chi connectivity index (χ1v) is 8.89.